The summed E-state index contributed by atoms with van der Waals surface area (Å²) in [5.74, 6) is -0.896. The Morgan fingerprint density at radius 1 is 1.16 bits per heavy atom. The first-order valence-electron chi connectivity index (χ1n) is 6.29. The summed E-state index contributed by atoms with van der Waals surface area (Å²) in [7, 11) is 0. The Balaban J connectivity index is 2.16. The molecule has 2 aromatic rings. The maximum atomic E-state index is 11.1. The fraction of sp³-hybridized carbons (Fsp3) is 0.188. The topological polar surface area (TPSA) is 42.2 Å². The van der Waals surface area contributed by atoms with Gasteiger partial charge in [0.15, 0.2) is 0 Å². The molecule has 0 unspecified atom stereocenters. The van der Waals surface area contributed by atoms with E-state index in [0.29, 0.717) is 12.2 Å². The van der Waals surface area contributed by atoms with Crippen molar-refractivity contribution in [1.82, 2.24) is 4.57 Å². The molecule has 0 aliphatic carbocycles. The lowest BCUT2D eigenvalue weighted by Crippen LogP contribution is -2.11. The van der Waals surface area contributed by atoms with Crippen molar-refractivity contribution >= 4 is 5.97 Å². The minimum Gasteiger partial charge on any atom is -0.477 e. The second-order valence-electron chi connectivity index (χ2n) is 4.40. The molecule has 1 N–H and O–H groups in total. The summed E-state index contributed by atoms with van der Waals surface area (Å²) in [6.45, 7) is 4.21. The van der Waals surface area contributed by atoms with Crippen molar-refractivity contribution in [2.45, 2.75) is 19.4 Å². The van der Waals surface area contributed by atoms with Gasteiger partial charge >= 0.3 is 5.97 Å². The lowest BCUT2D eigenvalue weighted by atomic mass is 10.1. The van der Waals surface area contributed by atoms with E-state index in [-0.39, 0.29) is 0 Å². The molecule has 0 fully saturated rings. The number of rotatable bonds is 6. The predicted molar refractivity (Wildman–Crippen MR) is 75.4 cm³/mol. The van der Waals surface area contributed by atoms with Crippen molar-refractivity contribution in [2.75, 3.05) is 0 Å². The molecule has 19 heavy (non-hydrogen) atoms. The number of hydrogen-bond acceptors (Lipinski definition) is 1. The smallest absolute Gasteiger partial charge is 0.352 e. The van der Waals surface area contributed by atoms with Gasteiger partial charge in [0.2, 0.25) is 0 Å². The predicted octanol–water partition coefficient (Wildman–Crippen LogP) is 3.16. The molecule has 1 heterocycles. The molecule has 0 bridgehead atoms. The van der Waals surface area contributed by atoms with Gasteiger partial charge in [-0.15, -0.1) is 6.58 Å². The molecule has 3 nitrogen and oxygen atoms in total. The molecule has 1 aromatic carbocycles. The maximum Gasteiger partial charge on any atom is 0.352 e. The average Bonchev–Trinajstić information content (AvgIpc) is 2.81. The highest BCUT2D eigenvalue weighted by Gasteiger charge is 2.12. The van der Waals surface area contributed by atoms with E-state index in [2.05, 4.69) is 18.7 Å². The Morgan fingerprint density at radius 2 is 1.89 bits per heavy atom. The molecule has 2 rings (SSSR count). The van der Waals surface area contributed by atoms with Crippen LogP contribution < -0.4 is 0 Å². The number of hydrogen-bond donors (Lipinski definition) is 1. The third kappa shape index (κ3) is 3.13. The Morgan fingerprint density at radius 3 is 2.53 bits per heavy atom. The van der Waals surface area contributed by atoms with E-state index in [4.69, 9.17) is 5.11 Å². The van der Waals surface area contributed by atoms with Crippen molar-refractivity contribution in [1.29, 1.82) is 0 Å². The Hall–Kier alpha value is -2.29. The van der Waals surface area contributed by atoms with Gasteiger partial charge in [-0.05, 0) is 30.5 Å². The van der Waals surface area contributed by atoms with Crippen LogP contribution in [0.15, 0.2) is 55.1 Å². The fourth-order valence-corrected chi connectivity index (χ4v) is 2.18. The van der Waals surface area contributed by atoms with Gasteiger partial charge in [-0.2, -0.15) is 0 Å². The molecule has 1 aromatic heterocycles. The maximum absolute atomic E-state index is 11.1. The number of allylic oxidation sites excluding steroid dienone is 1. The van der Waals surface area contributed by atoms with E-state index in [1.54, 1.807) is 16.7 Å². The SMILES string of the molecule is C=CCn1c(CCc2ccccc2)ccc1C(=O)O. The standard InChI is InChI=1S/C16H17NO2/c1-2-12-17-14(10-11-15(17)16(18)19)9-8-13-6-4-3-5-7-13/h2-7,10-11H,1,8-9,12H2,(H,18,19). The summed E-state index contributed by atoms with van der Waals surface area (Å²) in [6, 6.07) is 13.7. The van der Waals surface area contributed by atoms with Crippen LogP contribution in [-0.4, -0.2) is 15.6 Å². The van der Waals surface area contributed by atoms with Crippen molar-refractivity contribution in [2.24, 2.45) is 0 Å². The number of nitrogens with zero attached hydrogens (tertiary/aromatic N) is 1. The zero-order valence-electron chi connectivity index (χ0n) is 10.7. The molecule has 0 saturated carbocycles. The van der Waals surface area contributed by atoms with Crippen molar-refractivity contribution < 1.29 is 9.90 Å². The van der Waals surface area contributed by atoms with Crippen molar-refractivity contribution in [3.05, 3.63) is 72.1 Å². The highest BCUT2D eigenvalue weighted by molar-refractivity contribution is 5.86. The number of aromatic nitrogens is 1. The summed E-state index contributed by atoms with van der Waals surface area (Å²) in [4.78, 5) is 11.1. The molecule has 0 aliphatic heterocycles. The van der Waals surface area contributed by atoms with E-state index in [1.165, 1.54) is 5.56 Å². The molecule has 0 amide bonds. The minimum atomic E-state index is -0.896. The average molecular weight is 255 g/mol. The summed E-state index contributed by atoms with van der Waals surface area (Å²) in [5, 5.41) is 9.14. The third-order valence-corrected chi connectivity index (χ3v) is 3.11. The zero-order valence-corrected chi connectivity index (χ0v) is 10.7. The second kappa shape index (κ2) is 6.05. The molecule has 3 heteroatoms. The first-order valence-corrected chi connectivity index (χ1v) is 6.29. The summed E-state index contributed by atoms with van der Waals surface area (Å²) >= 11 is 0. The Bertz CT molecular complexity index is 570. The molecular formula is C16H17NO2. The highest BCUT2D eigenvalue weighted by Crippen LogP contribution is 2.13. The lowest BCUT2D eigenvalue weighted by Gasteiger charge is -2.09. The largest absolute Gasteiger partial charge is 0.477 e. The van der Waals surface area contributed by atoms with Crippen LogP contribution in [0.3, 0.4) is 0 Å². The van der Waals surface area contributed by atoms with E-state index in [1.807, 2.05) is 24.3 Å². The minimum absolute atomic E-state index is 0.322. The molecular weight excluding hydrogens is 238 g/mol. The Kier molecular flexibility index (Phi) is 4.18. The van der Waals surface area contributed by atoms with Crippen LogP contribution >= 0.6 is 0 Å². The monoisotopic (exact) mass is 255 g/mol. The van der Waals surface area contributed by atoms with Crippen LogP contribution in [0, 0.1) is 0 Å². The van der Waals surface area contributed by atoms with Gasteiger partial charge in [-0.1, -0.05) is 36.4 Å². The first kappa shape index (κ1) is 13.1. The van der Waals surface area contributed by atoms with Crippen LogP contribution in [0.1, 0.15) is 21.7 Å². The molecule has 0 spiro atoms. The summed E-state index contributed by atoms with van der Waals surface area (Å²) < 4.78 is 1.80. The number of aryl methyl sites for hydroxylation is 2. The lowest BCUT2D eigenvalue weighted by molar-refractivity contribution is 0.0685. The van der Waals surface area contributed by atoms with Crippen LogP contribution in [0.5, 0.6) is 0 Å². The van der Waals surface area contributed by atoms with Crippen LogP contribution in [-0.2, 0) is 19.4 Å². The van der Waals surface area contributed by atoms with E-state index in [0.717, 1.165) is 18.5 Å². The number of aromatic carboxylic acids is 1. The Labute approximate surface area is 112 Å². The first-order chi connectivity index (χ1) is 9.22. The van der Waals surface area contributed by atoms with E-state index >= 15 is 0 Å². The normalized spacial score (nSPS) is 10.3. The summed E-state index contributed by atoms with van der Waals surface area (Å²) in [5.41, 5.74) is 2.61. The van der Waals surface area contributed by atoms with Crippen LogP contribution in [0.2, 0.25) is 0 Å². The van der Waals surface area contributed by atoms with Gasteiger partial charge in [0.05, 0.1) is 0 Å². The molecule has 0 aliphatic rings. The number of benzene rings is 1. The van der Waals surface area contributed by atoms with Gasteiger partial charge in [0.25, 0.3) is 0 Å². The van der Waals surface area contributed by atoms with Crippen LogP contribution in [0.4, 0.5) is 0 Å². The zero-order chi connectivity index (χ0) is 13.7. The van der Waals surface area contributed by atoms with Gasteiger partial charge in [0.1, 0.15) is 5.69 Å². The van der Waals surface area contributed by atoms with Gasteiger partial charge in [0, 0.05) is 12.2 Å². The van der Waals surface area contributed by atoms with Gasteiger partial charge in [-0.25, -0.2) is 4.79 Å². The molecule has 98 valence electrons. The van der Waals surface area contributed by atoms with Gasteiger partial charge < -0.3 is 9.67 Å². The van der Waals surface area contributed by atoms with E-state index < -0.39 is 5.97 Å². The highest BCUT2D eigenvalue weighted by atomic mass is 16.4. The molecule has 0 radical (unpaired) electrons. The third-order valence-electron chi connectivity index (χ3n) is 3.11. The van der Waals surface area contributed by atoms with Crippen molar-refractivity contribution in [3.63, 3.8) is 0 Å². The number of carbonyl (C=O) groups is 1. The summed E-state index contributed by atoms with van der Waals surface area (Å²) in [6.07, 6.45) is 3.45. The second-order valence-corrected chi connectivity index (χ2v) is 4.40. The molecule has 0 saturated heterocycles. The number of carboxylic acids is 1. The van der Waals surface area contributed by atoms with Gasteiger partial charge in [-0.3, -0.25) is 0 Å². The van der Waals surface area contributed by atoms with Crippen molar-refractivity contribution in [3.8, 4) is 0 Å². The molecule has 0 atom stereocenters. The fourth-order valence-electron chi connectivity index (χ4n) is 2.18. The van der Waals surface area contributed by atoms with E-state index in [9.17, 15) is 4.79 Å². The number of carboxylic acid groups (broad SMARTS) is 1. The quantitative estimate of drug-likeness (QED) is 0.806. The van der Waals surface area contributed by atoms with Crippen LogP contribution in [0.25, 0.3) is 0 Å².